The van der Waals surface area contributed by atoms with E-state index in [0.717, 1.165) is 33.2 Å². The third kappa shape index (κ3) is 2.85. The molecule has 4 rings (SSSR count). The average molecular weight is 321 g/mol. The minimum atomic E-state index is -0.355. The third-order valence-electron chi connectivity index (χ3n) is 4.73. The third-order valence-corrected chi connectivity index (χ3v) is 4.73. The van der Waals surface area contributed by atoms with Gasteiger partial charge in [-0.25, -0.2) is 4.99 Å². The summed E-state index contributed by atoms with van der Waals surface area (Å²) >= 11 is 0. The highest BCUT2D eigenvalue weighted by molar-refractivity contribution is 6.61. The van der Waals surface area contributed by atoms with Crippen molar-refractivity contribution < 1.29 is 14.0 Å². The quantitative estimate of drug-likeness (QED) is 0.645. The number of ether oxygens (including phenoxy) is 1. The zero-order valence-electron chi connectivity index (χ0n) is 14.0. The van der Waals surface area contributed by atoms with Gasteiger partial charge in [-0.1, -0.05) is 32.6 Å². The molecule has 1 fully saturated rings. The van der Waals surface area contributed by atoms with E-state index in [1.165, 1.54) is 0 Å². The molecule has 0 saturated carbocycles. The molecule has 4 nitrogen and oxygen atoms in total. The molecule has 2 heterocycles. The predicted octanol–water partition coefficient (Wildman–Crippen LogP) is 2.17. The van der Waals surface area contributed by atoms with Crippen molar-refractivity contribution in [2.24, 2.45) is 16.8 Å². The maximum absolute atomic E-state index is 6.02. The molecule has 0 amide bonds. The zero-order valence-corrected chi connectivity index (χ0v) is 14.0. The number of nitrogens with zero attached hydrogens (tertiary/aromatic N) is 1. The van der Waals surface area contributed by atoms with Crippen LogP contribution in [0, 0.1) is 11.8 Å². The van der Waals surface area contributed by atoms with Gasteiger partial charge in [0.15, 0.2) is 11.5 Å². The molecule has 2 aromatic rings. The summed E-state index contributed by atoms with van der Waals surface area (Å²) in [6, 6.07) is 11.7. The molecule has 122 valence electrons. The second-order valence-electron chi connectivity index (χ2n) is 6.70. The highest BCUT2D eigenvalue weighted by Gasteiger charge is 2.29. The largest absolute Gasteiger partial charge is 0.494 e. The summed E-state index contributed by atoms with van der Waals surface area (Å²) in [4.78, 5) is 4.64. The summed E-state index contributed by atoms with van der Waals surface area (Å²) < 4.78 is 17.9. The van der Waals surface area contributed by atoms with Gasteiger partial charge < -0.3 is 14.0 Å². The number of hydrogen-bond acceptors (Lipinski definition) is 4. The molecule has 0 bridgehead atoms. The Morgan fingerprint density at radius 2 is 1.75 bits per heavy atom. The maximum atomic E-state index is 6.02. The molecule has 1 saturated heterocycles. The van der Waals surface area contributed by atoms with Crippen molar-refractivity contribution in [2.45, 2.75) is 13.8 Å². The fourth-order valence-corrected chi connectivity index (χ4v) is 2.88. The fraction of sp³-hybridized carbons (Fsp3) is 0.316. The van der Waals surface area contributed by atoms with E-state index in [2.05, 4.69) is 25.4 Å². The van der Waals surface area contributed by atoms with E-state index >= 15 is 0 Å². The molecule has 2 aliphatic rings. The first kappa shape index (κ1) is 15.4. The lowest BCUT2D eigenvalue weighted by Gasteiger charge is -2.17. The second kappa shape index (κ2) is 6.08. The molecule has 0 aliphatic carbocycles. The van der Waals surface area contributed by atoms with Crippen molar-refractivity contribution in [1.82, 2.24) is 0 Å². The smallest absolute Gasteiger partial charge is 0.453 e. The molecule has 2 unspecified atom stereocenters. The van der Waals surface area contributed by atoms with Crippen LogP contribution in [0.2, 0.25) is 0 Å². The Morgan fingerprint density at radius 1 is 1.00 bits per heavy atom. The van der Waals surface area contributed by atoms with Gasteiger partial charge in [0.2, 0.25) is 0 Å². The van der Waals surface area contributed by atoms with Crippen LogP contribution in [0.5, 0.6) is 11.5 Å². The Bertz CT molecular complexity index is 871. The van der Waals surface area contributed by atoms with E-state index in [9.17, 15) is 0 Å². The van der Waals surface area contributed by atoms with Crippen LogP contribution in [-0.2, 0) is 9.31 Å². The number of rotatable bonds is 1. The second-order valence-corrected chi connectivity index (χ2v) is 6.70. The number of hydrogen-bond donors (Lipinski definition) is 0. The molecule has 0 radical (unpaired) electrons. The molecule has 2 aliphatic heterocycles. The van der Waals surface area contributed by atoms with E-state index in [4.69, 9.17) is 14.0 Å². The predicted molar refractivity (Wildman–Crippen MR) is 94.5 cm³/mol. The normalized spacial score (nSPS) is 22.7. The van der Waals surface area contributed by atoms with Crippen molar-refractivity contribution >= 4 is 24.8 Å². The van der Waals surface area contributed by atoms with Gasteiger partial charge in [-0.2, -0.15) is 0 Å². The van der Waals surface area contributed by atoms with Crippen LogP contribution in [0.4, 0.5) is 5.69 Å². The summed E-state index contributed by atoms with van der Waals surface area (Å²) in [7, 11) is -0.355. The van der Waals surface area contributed by atoms with Gasteiger partial charge in [-0.05, 0) is 46.8 Å². The first-order chi connectivity index (χ1) is 11.6. The average Bonchev–Trinajstić information content (AvgIpc) is 2.75. The van der Waals surface area contributed by atoms with Crippen molar-refractivity contribution in [3.8, 4) is 11.5 Å². The Hall–Kier alpha value is -2.11. The first-order valence-corrected chi connectivity index (χ1v) is 8.33. The van der Waals surface area contributed by atoms with Crippen LogP contribution in [0.15, 0.2) is 41.4 Å². The minimum absolute atomic E-state index is 0.355. The molecule has 2 aromatic carbocycles. The molecule has 0 spiro atoms. The molecule has 2 atom stereocenters. The van der Waals surface area contributed by atoms with Gasteiger partial charge in [0.25, 0.3) is 0 Å². The standard InChI is InChI=1S/C19H20BNO3/c1-12-4-6-16-18(8-12)24-19-9-15(5-7-17(19)21-16)20-22-10-13(2)14(3)11-23-20/h4-9,13-14H,1,10-11H2,2-3H3. The van der Waals surface area contributed by atoms with Crippen LogP contribution in [0.1, 0.15) is 13.8 Å². The van der Waals surface area contributed by atoms with Gasteiger partial charge in [0.1, 0.15) is 11.0 Å². The van der Waals surface area contributed by atoms with Gasteiger partial charge in [-0.3, -0.25) is 0 Å². The van der Waals surface area contributed by atoms with E-state index < -0.39 is 0 Å². The lowest BCUT2D eigenvalue weighted by atomic mass is 9.78. The van der Waals surface area contributed by atoms with Crippen molar-refractivity contribution in [3.05, 3.63) is 47.0 Å². The van der Waals surface area contributed by atoms with Crippen LogP contribution < -0.4 is 20.8 Å². The molecule has 0 N–H and O–H groups in total. The van der Waals surface area contributed by atoms with E-state index in [1.807, 2.05) is 36.4 Å². The highest BCUT2D eigenvalue weighted by Crippen LogP contribution is 2.32. The Morgan fingerprint density at radius 3 is 2.50 bits per heavy atom. The Balaban J connectivity index is 1.65. The van der Waals surface area contributed by atoms with Crippen molar-refractivity contribution in [1.29, 1.82) is 0 Å². The molecule has 0 aromatic heterocycles. The van der Waals surface area contributed by atoms with Crippen LogP contribution in [-0.4, -0.2) is 20.3 Å². The van der Waals surface area contributed by atoms with Gasteiger partial charge in [0.05, 0.1) is 0 Å². The van der Waals surface area contributed by atoms with Crippen LogP contribution >= 0.6 is 0 Å². The summed E-state index contributed by atoms with van der Waals surface area (Å²) in [6.45, 7) is 9.72. The Kier molecular flexibility index (Phi) is 3.90. The SMILES string of the molecule is C=c1ccc2c(c1)Oc1cc(B3OCC(C)C(C)CO3)ccc1N=2. The van der Waals surface area contributed by atoms with E-state index in [0.29, 0.717) is 25.0 Å². The van der Waals surface area contributed by atoms with Crippen LogP contribution in [0.25, 0.3) is 6.58 Å². The first-order valence-electron chi connectivity index (χ1n) is 8.33. The summed E-state index contributed by atoms with van der Waals surface area (Å²) in [5, 5.41) is 1.73. The maximum Gasteiger partial charge on any atom is 0.494 e. The highest BCUT2D eigenvalue weighted by atomic mass is 16.6. The molecule has 5 heteroatoms. The number of benzene rings is 2. The summed E-state index contributed by atoms with van der Waals surface area (Å²) in [6.07, 6.45) is 0. The lowest BCUT2D eigenvalue weighted by Crippen LogP contribution is -2.36. The monoisotopic (exact) mass is 321 g/mol. The van der Waals surface area contributed by atoms with E-state index in [-0.39, 0.29) is 7.12 Å². The van der Waals surface area contributed by atoms with Gasteiger partial charge in [0, 0.05) is 13.2 Å². The van der Waals surface area contributed by atoms with Gasteiger partial charge in [-0.15, -0.1) is 0 Å². The summed E-state index contributed by atoms with van der Waals surface area (Å²) in [5.41, 5.74) is 1.78. The minimum Gasteiger partial charge on any atom is -0.453 e. The number of fused-ring (bicyclic) bond motifs is 2. The Labute approximate surface area is 141 Å². The van der Waals surface area contributed by atoms with Crippen molar-refractivity contribution in [2.75, 3.05) is 13.2 Å². The van der Waals surface area contributed by atoms with Gasteiger partial charge >= 0.3 is 7.12 Å². The van der Waals surface area contributed by atoms with Crippen LogP contribution in [0.3, 0.4) is 0 Å². The van der Waals surface area contributed by atoms with Crippen molar-refractivity contribution in [3.63, 3.8) is 0 Å². The fourth-order valence-electron chi connectivity index (χ4n) is 2.88. The summed E-state index contributed by atoms with van der Waals surface area (Å²) in [5.74, 6) is 2.43. The topological polar surface area (TPSA) is 40.0 Å². The molecular formula is C19H20BNO3. The van der Waals surface area contributed by atoms with E-state index in [1.54, 1.807) is 0 Å². The molecule has 24 heavy (non-hydrogen) atoms. The zero-order chi connectivity index (χ0) is 16.7. The lowest BCUT2D eigenvalue weighted by molar-refractivity contribution is 0.238. The molecular weight excluding hydrogens is 301 g/mol.